The Morgan fingerprint density at radius 2 is 2.39 bits per heavy atom. The van der Waals surface area contributed by atoms with Crippen molar-refractivity contribution < 1.29 is 9.13 Å². The van der Waals surface area contributed by atoms with E-state index in [1.165, 1.54) is 23.5 Å². The molecular weight excluding hydrogens is 251 g/mol. The second kappa shape index (κ2) is 5.14. The fourth-order valence-corrected chi connectivity index (χ4v) is 2.80. The predicted octanol–water partition coefficient (Wildman–Crippen LogP) is 2.61. The van der Waals surface area contributed by atoms with Gasteiger partial charge < -0.3 is 10.1 Å². The summed E-state index contributed by atoms with van der Waals surface area (Å²) in [6.07, 6.45) is 0.0114. The molecule has 1 saturated heterocycles. The molecule has 1 N–H and O–H groups in total. The molecule has 2 heterocycles. The molecule has 2 aromatic rings. The lowest BCUT2D eigenvalue weighted by atomic mass is 10.2. The zero-order valence-corrected chi connectivity index (χ0v) is 10.5. The maximum absolute atomic E-state index is 13.2. The smallest absolute Gasteiger partial charge is 0.123 e. The largest absolute Gasteiger partial charge is 0.369 e. The van der Waals surface area contributed by atoms with Gasteiger partial charge in [-0.25, -0.2) is 9.37 Å². The Labute approximate surface area is 109 Å². The van der Waals surface area contributed by atoms with Crippen molar-refractivity contribution in [3.05, 3.63) is 41.2 Å². The van der Waals surface area contributed by atoms with E-state index >= 15 is 0 Å². The van der Waals surface area contributed by atoms with Gasteiger partial charge in [-0.05, 0) is 12.1 Å². The van der Waals surface area contributed by atoms with Crippen LogP contribution in [0.5, 0.6) is 0 Å². The van der Waals surface area contributed by atoms with Crippen molar-refractivity contribution >= 4 is 11.3 Å². The summed E-state index contributed by atoms with van der Waals surface area (Å²) in [5.41, 5.74) is 1.74. The van der Waals surface area contributed by atoms with Crippen LogP contribution in [-0.2, 0) is 4.74 Å². The summed E-state index contributed by atoms with van der Waals surface area (Å²) in [7, 11) is 0. The van der Waals surface area contributed by atoms with E-state index in [0.29, 0.717) is 6.61 Å². The standard InChI is InChI=1S/C13H13FN2OS/c14-10-3-1-2-9(6-10)13-16-11(8-18-13)12-7-15-4-5-17-12/h1-3,6,8,12,15H,4-5,7H2. The highest BCUT2D eigenvalue weighted by molar-refractivity contribution is 7.13. The molecule has 0 radical (unpaired) electrons. The van der Waals surface area contributed by atoms with Crippen LogP contribution >= 0.6 is 11.3 Å². The molecule has 0 saturated carbocycles. The first-order chi connectivity index (χ1) is 8.83. The number of benzene rings is 1. The van der Waals surface area contributed by atoms with Gasteiger partial charge in [0.2, 0.25) is 0 Å². The van der Waals surface area contributed by atoms with Crippen molar-refractivity contribution in [2.24, 2.45) is 0 Å². The van der Waals surface area contributed by atoms with Crippen molar-refractivity contribution in [2.45, 2.75) is 6.10 Å². The Bertz CT molecular complexity index is 537. The van der Waals surface area contributed by atoms with Crippen LogP contribution in [0.4, 0.5) is 4.39 Å². The first-order valence-electron chi connectivity index (χ1n) is 5.86. The fraction of sp³-hybridized carbons (Fsp3) is 0.308. The number of hydrogen-bond donors (Lipinski definition) is 1. The summed E-state index contributed by atoms with van der Waals surface area (Å²) in [6, 6.07) is 6.50. The predicted molar refractivity (Wildman–Crippen MR) is 69.1 cm³/mol. The third kappa shape index (κ3) is 2.43. The average molecular weight is 264 g/mol. The Kier molecular flexibility index (Phi) is 3.36. The zero-order valence-electron chi connectivity index (χ0n) is 9.73. The Morgan fingerprint density at radius 3 is 3.17 bits per heavy atom. The number of nitrogens with zero attached hydrogens (tertiary/aromatic N) is 1. The molecule has 1 aromatic carbocycles. The van der Waals surface area contributed by atoms with Crippen LogP contribution in [0.25, 0.3) is 10.6 Å². The lowest BCUT2D eigenvalue weighted by Crippen LogP contribution is -2.33. The molecule has 1 atom stereocenters. The molecule has 5 heteroatoms. The summed E-state index contributed by atoms with van der Waals surface area (Å²) >= 11 is 1.52. The topological polar surface area (TPSA) is 34.2 Å². The van der Waals surface area contributed by atoms with E-state index in [4.69, 9.17) is 4.74 Å². The van der Waals surface area contributed by atoms with E-state index in [9.17, 15) is 4.39 Å². The van der Waals surface area contributed by atoms with Crippen molar-refractivity contribution in [2.75, 3.05) is 19.7 Å². The van der Waals surface area contributed by atoms with Crippen LogP contribution in [0, 0.1) is 5.82 Å². The number of rotatable bonds is 2. The Balaban J connectivity index is 1.84. The molecule has 1 aromatic heterocycles. The summed E-state index contributed by atoms with van der Waals surface area (Å²) in [6.45, 7) is 2.38. The van der Waals surface area contributed by atoms with E-state index in [1.807, 2.05) is 11.4 Å². The molecule has 1 aliphatic heterocycles. The van der Waals surface area contributed by atoms with E-state index in [-0.39, 0.29) is 11.9 Å². The molecule has 0 bridgehead atoms. The lowest BCUT2D eigenvalue weighted by Gasteiger charge is -2.21. The SMILES string of the molecule is Fc1cccc(-c2nc(C3CNCCO3)cs2)c1. The fourth-order valence-electron chi connectivity index (χ4n) is 1.94. The van der Waals surface area contributed by atoms with E-state index in [0.717, 1.165) is 29.4 Å². The third-order valence-electron chi connectivity index (χ3n) is 2.85. The van der Waals surface area contributed by atoms with Crippen LogP contribution in [0.1, 0.15) is 11.8 Å². The van der Waals surface area contributed by atoms with Gasteiger partial charge >= 0.3 is 0 Å². The second-order valence-electron chi connectivity index (χ2n) is 4.15. The summed E-state index contributed by atoms with van der Waals surface area (Å²) in [5.74, 6) is -0.236. The number of thiazole rings is 1. The van der Waals surface area contributed by atoms with E-state index in [1.54, 1.807) is 6.07 Å². The van der Waals surface area contributed by atoms with E-state index in [2.05, 4.69) is 10.3 Å². The monoisotopic (exact) mass is 264 g/mol. The van der Waals surface area contributed by atoms with Crippen LogP contribution in [-0.4, -0.2) is 24.7 Å². The van der Waals surface area contributed by atoms with Crippen LogP contribution in [0.2, 0.25) is 0 Å². The molecule has 1 aliphatic rings. The van der Waals surface area contributed by atoms with Gasteiger partial charge in [0.25, 0.3) is 0 Å². The van der Waals surface area contributed by atoms with E-state index < -0.39 is 0 Å². The minimum Gasteiger partial charge on any atom is -0.369 e. The first-order valence-corrected chi connectivity index (χ1v) is 6.74. The van der Waals surface area contributed by atoms with Gasteiger partial charge in [-0.15, -0.1) is 11.3 Å². The molecule has 1 unspecified atom stereocenters. The van der Waals surface area contributed by atoms with Gasteiger partial charge in [0.05, 0.1) is 12.3 Å². The number of morpholine rings is 1. The van der Waals surface area contributed by atoms with Crippen LogP contribution in [0.15, 0.2) is 29.6 Å². The highest BCUT2D eigenvalue weighted by Gasteiger charge is 2.18. The molecule has 1 fully saturated rings. The quantitative estimate of drug-likeness (QED) is 0.905. The van der Waals surface area contributed by atoms with Crippen molar-refractivity contribution in [3.63, 3.8) is 0 Å². The van der Waals surface area contributed by atoms with Crippen molar-refractivity contribution in [1.29, 1.82) is 0 Å². The number of aromatic nitrogens is 1. The van der Waals surface area contributed by atoms with Gasteiger partial charge in [0, 0.05) is 24.0 Å². The van der Waals surface area contributed by atoms with Crippen molar-refractivity contribution in [1.82, 2.24) is 10.3 Å². The minimum absolute atomic E-state index is 0.0114. The molecule has 3 nitrogen and oxygen atoms in total. The highest BCUT2D eigenvalue weighted by atomic mass is 32.1. The number of nitrogens with one attached hydrogen (secondary N) is 1. The van der Waals surface area contributed by atoms with Gasteiger partial charge in [0.1, 0.15) is 16.9 Å². The minimum atomic E-state index is -0.236. The highest BCUT2D eigenvalue weighted by Crippen LogP contribution is 2.28. The maximum atomic E-state index is 13.2. The summed E-state index contributed by atoms with van der Waals surface area (Å²) < 4.78 is 18.8. The molecule has 3 rings (SSSR count). The molecule has 0 amide bonds. The molecular formula is C13H13FN2OS. The van der Waals surface area contributed by atoms with Crippen LogP contribution in [0.3, 0.4) is 0 Å². The second-order valence-corrected chi connectivity index (χ2v) is 5.01. The molecule has 0 aliphatic carbocycles. The van der Waals surface area contributed by atoms with Gasteiger partial charge in [-0.3, -0.25) is 0 Å². The average Bonchev–Trinajstić information content (AvgIpc) is 2.89. The number of hydrogen-bond acceptors (Lipinski definition) is 4. The number of ether oxygens (including phenoxy) is 1. The van der Waals surface area contributed by atoms with Gasteiger partial charge in [-0.2, -0.15) is 0 Å². The summed E-state index contributed by atoms with van der Waals surface area (Å²) in [5, 5.41) is 6.09. The zero-order chi connectivity index (χ0) is 12.4. The first kappa shape index (κ1) is 11.8. The Morgan fingerprint density at radius 1 is 1.44 bits per heavy atom. The summed E-state index contributed by atoms with van der Waals surface area (Å²) in [4.78, 5) is 4.53. The molecule has 94 valence electrons. The Hall–Kier alpha value is -1.30. The lowest BCUT2D eigenvalue weighted by molar-refractivity contribution is 0.0254. The normalized spacial score (nSPS) is 19.9. The maximum Gasteiger partial charge on any atom is 0.123 e. The van der Waals surface area contributed by atoms with Crippen LogP contribution < -0.4 is 5.32 Å². The number of halogens is 1. The van der Waals surface area contributed by atoms with Gasteiger partial charge in [0.15, 0.2) is 0 Å². The van der Waals surface area contributed by atoms with Gasteiger partial charge in [-0.1, -0.05) is 12.1 Å². The molecule has 0 spiro atoms. The van der Waals surface area contributed by atoms with Crippen molar-refractivity contribution in [3.8, 4) is 10.6 Å². The third-order valence-corrected chi connectivity index (χ3v) is 3.76. The molecule has 18 heavy (non-hydrogen) atoms.